The van der Waals surface area contributed by atoms with Crippen LogP contribution in [-0.2, 0) is 17.6 Å². The van der Waals surface area contributed by atoms with E-state index in [1.807, 2.05) is 26.0 Å². The number of hydrogen-bond acceptors (Lipinski definition) is 5. The van der Waals surface area contributed by atoms with Gasteiger partial charge in [0.1, 0.15) is 5.58 Å². The number of carboxylic acid groups (broad SMARTS) is 1. The Morgan fingerprint density at radius 1 is 1.28 bits per heavy atom. The number of aromatic carboxylic acids is 1. The highest BCUT2D eigenvalue weighted by Gasteiger charge is 2.12. The van der Waals surface area contributed by atoms with Crippen molar-refractivity contribution in [3.05, 3.63) is 51.2 Å². The van der Waals surface area contributed by atoms with Crippen molar-refractivity contribution in [3.8, 4) is 0 Å². The van der Waals surface area contributed by atoms with Gasteiger partial charge in [0, 0.05) is 29.3 Å². The monoisotopic (exact) mass is 358 g/mol. The first kappa shape index (κ1) is 17.2. The molecule has 0 aliphatic rings. The molecule has 0 aliphatic heterocycles. The summed E-state index contributed by atoms with van der Waals surface area (Å²) in [4.78, 5) is 26.9. The second-order valence-corrected chi connectivity index (χ2v) is 6.84. The molecule has 0 atom stereocenters. The SMILES string of the molecule is Cc1cc2occ(CC(=O)NCCc3nc(C(=O)O)cs3)c2cc1C. The molecule has 0 saturated heterocycles. The number of carbonyl (C=O) groups is 2. The molecule has 0 aliphatic carbocycles. The largest absolute Gasteiger partial charge is 0.476 e. The van der Waals surface area contributed by atoms with Crippen LogP contribution in [-0.4, -0.2) is 28.5 Å². The second-order valence-electron chi connectivity index (χ2n) is 5.90. The lowest BCUT2D eigenvalue weighted by molar-refractivity contribution is -0.120. The van der Waals surface area contributed by atoms with Crippen molar-refractivity contribution >= 4 is 34.2 Å². The molecule has 3 aromatic rings. The first-order chi connectivity index (χ1) is 11.9. The molecule has 7 heteroatoms. The smallest absolute Gasteiger partial charge is 0.355 e. The first-order valence-electron chi connectivity index (χ1n) is 7.85. The van der Waals surface area contributed by atoms with E-state index in [9.17, 15) is 9.59 Å². The molecule has 0 bridgehead atoms. The fraction of sp³-hybridized carbons (Fsp3) is 0.278. The van der Waals surface area contributed by atoms with Crippen molar-refractivity contribution < 1.29 is 19.1 Å². The maximum Gasteiger partial charge on any atom is 0.355 e. The fourth-order valence-electron chi connectivity index (χ4n) is 2.54. The minimum absolute atomic E-state index is 0.0434. The van der Waals surface area contributed by atoms with Gasteiger partial charge in [-0.2, -0.15) is 0 Å². The van der Waals surface area contributed by atoms with E-state index in [-0.39, 0.29) is 18.0 Å². The normalized spacial score (nSPS) is 11.0. The van der Waals surface area contributed by atoms with Crippen molar-refractivity contribution in [2.24, 2.45) is 0 Å². The van der Waals surface area contributed by atoms with Gasteiger partial charge in [0.15, 0.2) is 5.69 Å². The highest BCUT2D eigenvalue weighted by molar-refractivity contribution is 7.09. The van der Waals surface area contributed by atoms with Gasteiger partial charge in [-0.15, -0.1) is 11.3 Å². The maximum absolute atomic E-state index is 12.1. The molecule has 0 fully saturated rings. The Balaban J connectivity index is 1.57. The molecule has 2 heterocycles. The van der Waals surface area contributed by atoms with Gasteiger partial charge in [0.2, 0.25) is 5.91 Å². The predicted molar refractivity (Wildman–Crippen MR) is 95.2 cm³/mol. The van der Waals surface area contributed by atoms with Crippen LogP contribution in [0.25, 0.3) is 11.0 Å². The van der Waals surface area contributed by atoms with Gasteiger partial charge in [0.25, 0.3) is 0 Å². The van der Waals surface area contributed by atoms with E-state index in [0.29, 0.717) is 18.0 Å². The van der Waals surface area contributed by atoms with E-state index in [1.165, 1.54) is 16.7 Å². The van der Waals surface area contributed by atoms with Crippen LogP contribution in [0.3, 0.4) is 0 Å². The number of hydrogen-bond donors (Lipinski definition) is 2. The molecule has 0 unspecified atom stereocenters. The Bertz CT molecular complexity index is 942. The molecule has 2 N–H and O–H groups in total. The number of carboxylic acids is 1. The Morgan fingerprint density at radius 3 is 2.76 bits per heavy atom. The van der Waals surface area contributed by atoms with Gasteiger partial charge in [-0.1, -0.05) is 0 Å². The molecular weight excluding hydrogens is 340 g/mol. The lowest BCUT2D eigenvalue weighted by atomic mass is 10.0. The summed E-state index contributed by atoms with van der Waals surface area (Å²) in [7, 11) is 0. The Kier molecular flexibility index (Phi) is 4.85. The van der Waals surface area contributed by atoms with Crippen LogP contribution in [0, 0.1) is 13.8 Å². The summed E-state index contributed by atoms with van der Waals surface area (Å²) in [5.74, 6) is -1.14. The summed E-state index contributed by atoms with van der Waals surface area (Å²) in [6.45, 7) is 4.47. The highest BCUT2D eigenvalue weighted by atomic mass is 32.1. The summed E-state index contributed by atoms with van der Waals surface area (Å²) >= 11 is 1.28. The van der Waals surface area contributed by atoms with Gasteiger partial charge >= 0.3 is 5.97 Å². The molecule has 0 spiro atoms. The summed E-state index contributed by atoms with van der Waals surface area (Å²) in [6, 6.07) is 4.02. The highest BCUT2D eigenvalue weighted by Crippen LogP contribution is 2.25. The molecule has 25 heavy (non-hydrogen) atoms. The van der Waals surface area contributed by atoms with Gasteiger partial charge < -0.3 is 14.8 Å². The number of aromatic nitrogens is 1. The Morgan fingerprint density at radius 2 is 2.04 bits per heavy atom. The van der Waals surface area contributed by atoms with Crippen molar-refractivity contribution in [2.45, 2.75) is 26.7 Å². The third-order valence-electron chi connectivity index (χ3n) is 4.05. The number of nitrogens with zero attached hydrogens (tertiary/aromatic N) is 1. The molecule has 1 amide bonds. The predicted octanol–water partition coefficient (Wildman–Crippen LogP) is 3.11. The number of aryl methyl sites for hydroxylation is 2. The van der Waals surface area contributed by atoms with Crippen molar-refractivity contribution in [1.82, 2.24) is 10.3 Å². The summed E-state index contributed by atoms with van der Waals surface area (Å²) in [5.41, 5.74) is 4.00. The standard InChI is InChI=1S/C18H18N2O4S/c1-10-5-13-12(8-24-15(13)6-11(10)2)7-16(21)19-4-3-17-20-14(9-25-17)18(22)23/h5-6,8-9H,3-4,7H2,1-2H3,(H,19,21)(H,22,23). The average molecular weight is 358 g/mol. The third-order valence-corrected chi connectivity index (χ3v) is 4.96. The number of carbonyl (C=O) groups excluding carboxylic acids is 1. The van der Waals surface area contributed by atoms with Crippen LogP contribution in [0.15, 0.2) is 28.2 Å². The molecular formula is C18H18N2O4S. The van der Waals surface area contributed by atoms with Crippen LogP contribution in [0.5, 0.6) is 0 Å². The number of nitrogens with one attached hydrogen (secondary N) is 1. The second kappa shape index (κ2) is 7.06. The van der Waals surface area contributed by atoms with E-state index in [2.05, 4.69) is 10.3 Å². The summed E-state index contributed by atoms with van der Waals surface area (Å²) in [5, 5.41) is 14.8. The average Bonchev–Trinajstić information content (AvgIpc) is 3.16. The summed E-state index contributed by atoms with van der Waals surface area (Å²) in [6.07, 6.45) is 2.38. The van der Waals surface area contributed by atoms with Gasteiger partial charge in [0.05, 0.1) is 17.7 Å². The minimum Gasteiger partial charge on any atom is -0.476 e. The zero-order valence-electron chi connectivity index (χ0n) is 14.0. The molecule has 0 radical (unpaired) electrons. The van der Waals surface area contributed by atoms with Gasteiger partial charge in [-0.3, -0.25) is 4.79 Å². The molecule has 6 nitrogen and oxygen atoms in total. The topological polar surface area (TPSA) is 92.4 Å². The van der Waals surface area contributed by atoms with Crippen LogP contribution in [0.2, 0.25) is 0 Å². The lowest BCUT2D eigenvalue weighted by Crippen LogP contribution is -2.27. The fourth-order valence-corrected chi connectivity index (χ4v) is 3.31. The third kappa shape index (κ3) is 3.88. The number of amides is 1. The number of fused-ring (bicyclic) bond motifs is 1. The summed E-state index contributed by atoms with van der Waals surface area (Å²) < 4.78 is 5.54. The number of furan rings is 1. The minimum atomic E-state index is -1.04. The molecule has 1 aromatic carbocycles. The van der Waals surface area contributed by atoms with Crippen molar-refractivity contribution in [1.29, 1.82) is 0 Å². The van der Waals surface area contributed by atoms with Crippen LogP contribution in [0.1, 0.15) is 32.2 Å². The van der Waals surface area contributed by atoms with E-state index in [4.69, 9.17) is 9.52 Å². The van der Waals surface area contributed by atoms with Crippen molar-refractivity contribution in [3.63, 3.8) is 0 Å². The number of benzene rings is 1. The number of rotatable bonds is 6. The molecule has 0 saturated carbocycles. The van der Waals surface area contributed by atoms with Crippen LogP contribution >= 0.6 is 11.3 Å². The zero-order chi connectivity index (χ0) is 18.0. The zero-order valence-corrected chi connectivity index (χ0v) is 14.8. The molecule has 2 aromatic heterocycles. The molecule has 3 rings (SSSR count). The van der Waals surface area contributed by atoms with E-state index < -0.39 is 5.97 Å². The van der Waals surface area contributed by atoms with Crippen LogP contribution in [0.4, 0.5) is 0 Å². The van der Waals surface area contributed by atoms with Crippen LogP contribution < -0.4 is 5.32 Å². The Labute approximate surface area is 148 Å². The maximum atomic E-state index is 12.1. The lowest BCUT2D eigenvalue weighted by Gasteiger charge is -2.04. The van der Waals surface area contributed by atoms with Gasteiger partial charge in [-0.05, 0) is 37.1 Å². The van der Waals surface area contributed by atoms with E-state index >= 15 is 0 Å². The van der Waals surface area contributed by atoms with E-state index in [1.54, 1.807) is 6.26 Å². The van der Waals surface area contributed by atoms with Gasteiger partial charge in [-0.25, -0.2) is 9.78 Å². The Hall–Kier alpha value is -2.67. The number of thiazole rings is 1. The van der Waals surface area contributed by atoms with E-state index in [0.717, 1.165) is 27.7 Å². The first-order valence-corrected chi connectivity index (χ1v) is 8.73. The molecule has 130 valence electrons. The quantitative estimate of drug-likeness (QED) is 0.706. The van der Waals surface area contributed by atoms with Crippen molar-refractivity contribution in [2.75, 3.05) is 6.54 Å².